The molecule has 1 aliphatic heterocycles. The van der Waals surface area contributed by atoms with E-state index in [1.165, 1.54) is 15.6 Å². The summed E-state index contributed by atoms with van der Waals surface area (Å²) in [5.41, 5.74) is 7.13. The molecule has 0 spiro atoms. The lowest BCUT2D eigenvalue weighted by molar-refractivity contribution is -0.122. The zero-order valence-electron chi connectivity index (χ0n) is 11.2. The molecule has 1 amide bonds. The molecule has 0 aromatic carbocycles. The number of carbonyl (C=O) groups is 1. The first-order valence-corrected chi connectivity index (χ1v) is 8.93. The zero-order valence-corrected chi connectivity index (χ0v) is 12.9. The van der Waals surface area contributed by atoms with Gasteiger partial charge in [0.25, 0.3) is 0 Å². The summed E-state index contributed by atoms with van der Waals surface area (Å²) in [6.07, 6.45) is 2.94. The van der Waals surface area contributed by atoms with E-state index in [-0.39, 0.29) is 6.54 Å². The lowest BCUT2D eigenvalue weighted by atomic mass is 10.1. The van der Waals surface area contributed by atoms with E-state index in [9.17, 15) is 13.2 Å². The number of nitrogens with two attached hydrogens (primary N) is 1. The van der Waals surface area contributed by atoms with Crippen molar-refractivity contribution in [2.24, 2.45) is 11.7 Å². The summed E-state index contributed by atoms with van der Waals surface area (Å²) in [4.78, 5) is 18.6. The number of aromatic nitrogens is 1. The standard InChI is InChI=1S/C11H18N4O3S2/c1-20(17,18)15-3-2-14(5-9(6-15)11(12)16)7-10-4-13-8-19-10/h4,8-9H,2-3,5-7H2,1H3,(H2,12,16)/t9-/m0/s1. The van der Waals surface area contributed by atoms with E-state index in [2.05, 4.69) is 4.98 Å². The smallest absolute Gasteiger partial charge is 0.223 e. The Bertz CT molecular complexity index is 558. The van der Waals surface area contributed by atoms with Crippen LogP contribution < -0.4 is 5.73 Å². The predicted molar refractivity (Wildman–Crippen MR) is 76.5 cm³/mol. The van der Waals surface area contributed by atoms with Gasteiger partial charge in [0, 0.05) is 43.8 Å². The summed E-state index contributed by atoms with van der Waals surface area (Å²) in [5, 5.41) is 0. The topological polar surface area (TPSA) is 96.6 Å². The predicted octanol–water partition coefficient (Wildman–Crippen LogP) is -0.678. The third-order valence-electron chi connectivity index (χ3n) is 3.30. The SMILES string of the molecule is CS(=O)(=O)N1CCN(Cc2cncs2)C[C@H](C(N)=O)C1. The molecule has 7 nitrogen and oxygen atoms in total. The third-order valence-corrected chi connectivity index (χ3v) is 5.34. The van der Waals surface area contributed by atoms with Crippen molar-refractivity contribution in [2.45, 2.75) is 6.54 Å². The van der Waals surface area contributed by atoms with Crippen molar-refractivity contribution in [3.8, 4) is 0 Å². The van der Waals surface area contributed by atoms with Gasteiger partial charge in [0.15, 0.2) is 0 Å². The molecule has 1 fully saturated rings. The maximum absolute atomic E-state index is 11.7. The van der Waals surface area contributed by atoms with Gasteiger partial charge < -0.3 is 5.73 Å². The summed E-state index contributed by atoms with van der Waals surface area (Å²) in [6.45, 7) is 2.24. The number of carbonyl (C=O) groups excluding carboxylic acids is 1. The Morgan fingerprint density at radius 2 is 2.25 bits per heavy atom. The van der Waals surface area contributed by atoms with Crippen LogP contribution in [0.1, 0.15) is 4.88 Å². The van der Waals surface area contributed by atoms with E-state index in [4.69, 9.17) is 5.73 Å². The molecule has 2 rings (SSSR count). The van der Waals surface area contributed by atoms with Gasteiger partial charge in [0.05, 0.1) is 17.7 Å². The highest BCUT2D eigenvalue weighted by Crippen LogP contribution is 2.16. The van der Waals surface area contributed by atoms with Gasteiger partial charge in [0.2, 0.25) is 15.9 Å². The van der Waals surface area contributed by atoms with Gasteiger partial charge in [-0.15, -0.1) is 11.3 Å². The molecular weight excluding hydrogens is 300 g/mol. The van der Waals surface area contributed by atoms with Crippen molar-refractivity contribution in [1.82, 2.24) is 14.2 Å². The first-order chi connectivity index (χ1) is 9.36. The Labute approximate surface area is 122 Å². The Kier molecular flexibility index (Phi) is 4.74. The highest BCUT2D eigenvalue weighted by molar-refractivity contribution is 7.88. The number of thiazole rings is 1. The Morgan fingerprint density at radius 1 is 1.50 bits per heavy atom. The maximum atomic E-state index is 11.7. The van der Waals surface area contributed by atoms with Crippen molar-refractivity contribution < 1.29 is 13.2 Å². The fourth-order valence-electron chi connectivity index (χ4n) is 2.22. The molecule has 1 atom stereocenters. The maximum Gasteiger partial charge on any atom is 0.223 e. The van der Waals surface area contributed by atoms with E-state index in [1.807, 2.05) is 4.90 Å². The first kappa shape index (κ1) is 15.4. The van der Waals surface area contributed by atoms with Crippen molar-refractivity contribution in [1.29, 1.82) is 0 Å². The van der Waals surface area contributed by atoms with Crippen molar-refractivity contribution >= 4 is 27.3 Å². The molecule has 2 N–H and O–H groups in total. The molecule has 0 bridgehead atoms. The molecule has 0 radical (unpaired) electrons. The lowest BCUT2D eigenvalue weighted by Crippen LogP contribution is -2.40. The third kappa shape index (κ3) is 3.98. The molecule has 20 heavy (non-hydrogen) atoms. The fraction of sp³-hybridized carbons (Fsp3) is 0.636. The average Bonchev–Trinajstić information content (AvgIpc) is 2.72. The van der Waals surface area contributed by atoms with E-state index in [1.54, 1.807) is 11.7 Å². The van der Waals surface area contributed by atoms with Gasteiger partial charge in [-0.25, -0.2) is 12.7 Å². The van der Waals surface area contributed by atoms with Crippen LogP contribution >= 0.6 is 11.3 Å². The van der Waals surface area contributed by atoms with Crippen molar-refractivity contribution in [3.63, 3.8) is 0 Å². The number of amides is 1. The van der Waals surface area contributed by atoms with E-state index >= 15 is 0 Å². The molecule has 1 saturated heterocycles. The molecule has 2 heterocycles. The zero-order chi connectivity index (χ0) is 14.8. The van der Waals surface area contributed by atoms with Crippen LogP contribution in [0.5, 0.6) is 0 Å². The minimum atomic E-state index is -3.31. The molecule has 112 valence electrons. The van der Waals surface area contributed by atoms with Crippen LogP contribution in [-0.4, -0.2) is 60.9 Å². The second-order valence-electron chi connectivity index (χ2n) is 4.92. The van der Waals surface area contributed by atoms with Gasteiger partial charge >= 0.3 is 0 Å². The van der Waals surface area contributed by atoms with Crippen LogP contribution in [-0.2, 0) is 21.4 Å². The second kappa shape index (κ2) is 6.17. The van der Waals surface area contributed by atoms with Gasteiger partial charge in [-0.1, -0.05) is 0 Å². The first-order valence-electron chi connectivity index (χ1n) is 6.20. The molecule has 1 aromatic rings. The van der Waals surface area contributed by atoms with E-state index < -0.39 is 21.8 Å². The summed E-state index contributed by atoms with van der Waals surface area (Å²) in [7, 11) is -3.31. The van der Waals surface area contributed by atoms with Crippen LogP contribution in [0.15, 0.2) is 11.7 Å². The average molecular weight is 318 g/mol. The van der Waals surface area contributed by atoms with Gasteiger partial charge in [-0.2, -0.15) is 0 Å². The van der Waals surface area contributed by atoms with Crippen LogP contribution in [0.25, 0.3) is 0 Å². The summed E-state index contributed by atoms with van der Waals surface area (Å²) < 4.78 is 24.7. The molecule has 1 aromatic heterocycles. The van der Waals surface area contributed by atoms with Crippen molar-refractivity contribution in [2.75, 3.05) is 32.4 Å². The van der Waals surface area contributed by atoms with Gasteiger partial charge in [-0.3, -0.25) is 14.7 Å². The van der Waals surface area contributed by atoms with Crippen LogP contribution in [0, 0.1) is 5.92 Å². The molecule has 9 heteroatoms. The Hall–Kier alpha value is -1.03. The minimum absolute atomic E-state index is 0.160. The van der Waals surface area contributed by atoms with Gasteiger partial charge in [-0.05, 0) is 0 Å². The molecule has 0 saturated carbocycles. The largest absolute Gasteiger partial charge is 0.369 e. The monoisotopic (exact) mass is 318 g/mol. The number of primary amides is 1. The molecule has 1 aliphatic rings. The van der Waals surface area contributed by atoms with E-state index in [0.717, 1.165) is 11.1 Å². The number of hydrogen-bond donors (Lipinski definition) is 1. The Morgan fingerprint density at radius 3 is 2.80 bits per heavy atom. The summed E-state index contributed by atoms with van der Waals surface area (Å²) in [6, 6.07) is 0. The summed E-state index contributed by atoms with van der Waals surface area (Å²) >= 11 is 1.54. The second-order valence-corrected chi connectivity index (χ2v) is 7.88. The summed E-state index contributed by atoms with van der Waals surface area (Å²) in [5.74, 6) is -0.949. The van der Waals surface area contributed by atoms with Crippen molar-refractivity contribution in [3.05, 3.63) is 16.6 Å². The Balaban J connectivity index is 2.11. The number of rotatable bonds is 4. The minimum Gasteiger partial charge on any atom is -0.369 e. The lowest BCUT2D eigenvalue weighted by Gasteiger charge is -2.21. The highest BCUT2D eigenvalue weighted by atomic mass is 32.2. The molecule has 0 unspecified atom stereocenters. The van der Waals surface area contributed by atoms with Crippen LogP contribution in [0.4, 0.5) is 0 Å². The normalized spacial score (nSPS) is 22.6. The van der Waals surface area contributed by atoms with Crippen LogP contribution in [0.2, 0.25) is 0 Å². The van der Waals surface area contributed by atoms with E-state index in [0.29, 0.717) is 26.2 Å². The van der Waals surface area contributed by atoms with Crippen LogP contribution in [0.3, 0.4) is 0 Å². The highest BCUT2D eigenvalue weighted by Gasteiger charge is 2.30. The number of hydrogen-bond acceptors (Lipinski definition) is 6. The number of sulfonamides is 1. The quantitative estimate of drug-likeness (QED) is 0.793. The number of nitrogens with zero attached hydrogens (tertiary/aromatic N) is 3. The molecule has 0 aliphatic carbocycles. The molecular formula is C11H18N4O3S2. The van der Waals surface area contributed by atoms with Gasteiger partial charge in [0.1, 0.15) is 0 Å². The fourth-order valence-corrected chi connectivity index (χ4v) is 3.72.